The van der Waals surface area contributed by atoms with E-state index in [1.54, 1.807) is 0 Å². The molecule has 2 aromatic carbocycles. The van der Waals surface area contributed by atoms with E-state index in [4.69, 9.17) is 11.6 Å². The molecule has 0 fully saturated rings. The summed E-state index contributed by atoms with van der Waals surface area (Å²) in [7, 11) is 0. The lowest BCUT2D eigenvalue weighted by molar-refractivity contribution is 0.484. The zero-order valence-corrected chi connectivity index (χ0v) is 18.3. The highest BCUT2D eigenvalue weighted by Crippen LogP contribution is 2.21. The fourth-order valence-electron chi connectivity index (χ4n) is 3.56. The molecule has 0 atom stereocenters. The predicted octanol–water partition coefficient (Wildman–Crippen LogP) is 6.06. The van der Waals surface area contributed by atoms with Crippen LogP contribution in [0.1, 0.15) is 44.9 Å². The Balaban J connectivity index is 1.71. The van der Waals surface area contributed by atoms with Gasteiger partial charge in [0.05, 0.1) is 12.2 Å². The highest BCUT2D eigenvalue weighted by Gasteiger charge is 2.08. The van der Waals surface area contributed by atoms with Crippen LogP contribution in [0, 0.1) is 11.8 Å². The molecule has 0 bridgehead atoms. The lowest BCUT2D eigenvalue weighted by atomic mass is 10.1. The first-order valence-corrected chi connectivity index (χ1v) is 10.9. The summed E-state index contributed by atoms with van der Waals surface area (Å²) in [5.41, 5.74) is 4.65. The van der Waals surface area contributed by atoms with Gasteiger partial charge in [-0.3, -0.25) is 0 Å². The molecule has 3 aromatic rings. The first-order valence-electron chi connectivity index (χ1n) is 10.5. The molecule has 0 radical (unpaired) electrons. The third kappa shape index (κ3) is 5.56. The second kappa shape index (κ2) is 10.4. The molecule has 29 heavy (non-hydrogen) atoms. The van der Waals surface area contributed by atoms with E-state index in [1.165, 1.54) is 16.5 Å². The monoisotopic (exact) mass is 407 g/mol. The number of nitrogens with one attached hydrogen (secondary N) is 2. The van der Waals surface area contributed by atoms with Crippen molar-refractivity contribution in [3.63, 3.8) is 0 Å². The molecule has 0 saturated carbocycles. The molecular formula is C25H30ClN3. The number of benzene rings is 2. The zero-order chi connectivity index (χ0) is 20.6. The van der Waals surface area contributed by atoms with E-state index in [9.17, 15) is 0 Å². The molecule has 1 aromatic heterocycles. The number of hydrogen-bond acceptors (Lipinski definition) is 2. The zero-order valence-electron chi connectivity index (χ0n) is 17.6. The molecule has 2 N–H and O–H groups in total. The van der Waals surface area contributed by atoms with Gasteiger partial charge in [0.2, 0.25) is 0 Å². The summed E-state index contributed by atoms with van der Waals surface area (Å²) in [5.74, 6) is 6.58. The standard InChI is InChI=1S/C25H30ClN3/c1-4-22(5-2)28-18-19-9-14-25-20(16-19)17-24(29(25)6-3)8-7-15-27-23-12-10-21(26)11-13-23/h9-14,16-17,22,27-28H,4-6,15,18H2,1-3H3. The van der Waals surface area contributed by atoms with Gasteiger partial charge in [-0.25, -0.2) is 0 Å². The molecule has 0 spiro atoms. The van der Waals surface area contributed by atoms with E-state index >= 15 is 0 Å². The van der Waals surface area contributed by atoms with Crippen LogP contribution in [-0.4, -0.2) is 17.2 Å². The van der Waals surface area contributed by atoms with Gasteiger partial charge in [0, 0.05) is 40.7 Å². The van der Waals surface area contributed by atoms with Crippen LogP contribution in [0.2, 0.25) is 5.02 Å². The van der Waals surface area contributed by atoms with E-state index in [0.29, 0.717) is 12.6 Å². The minimum absolute atomic E-state index is 0.584. The SMILES string of the molecule is CCC(CC)NCc1ccc2c(c1)cc(C#CCNc1ccc(Cl)cc1)n2CC. The van der Waals surface area contributed by atoms with Gasteiger partial charge in [-0.15, -0.1) is 0 Å². The van der Waals surface area contributed by atoms with Crippen molar-refractivity contribution in [1.82, 2.24) is 9.88 Å². The van der Waals surface area contributed by atoms with Crippen LogP contribution in [0.4, 0.5) is 5.69 Å². The lowest BCUT2D eigenvalue weighted by Gasteiger charge is -2.14. The van der Waals surface area contributed by atoms with E-state index in [1.807, 2.05) is 24.3 Å². The largest absolute Gasteiger partial charge is 0.374 e. The first-order chi connectivity index (χ1) is 14.1. The van der Waals surface area contributed by atoms with Gasteiger partial charge < -0.3 is 15.2 Å². The Bertz CT molecular complexity index is 989. The highest BCUT2D eigenvalue weighted by molar-refractivity contribution is 6.30. The number of halogens is 1. The summed E-state index contributed by atoms with van der Waals surface area (Å²) in [6.07, 6.45) is 2.32. The lowest BCUT2D eigenvalue weighted by Crippen LogP contribution is -2.26. The van der Waals surface area contributed by atoms with Gasteiger partial charge in [0.25, 0.3) is 0 Å². The second-order valence-corrected chi connectivity index (χ2v) is 7.66. The molecule has 3 nitrogen and oxygen atoms in total. The molecule has 152 valence electrons. The third-order valence-corrected chi connectivity index (χ3v) is 5.56. The van der Waals surface area contributed by atoms with Crippen LogP contribution in [0.3, 0.4) is 0 Å². The van der Waals surface area contributed by atoms with Crippen LogP contribution in [0.25, 0.3) is 10.9 Å². The first kappa shape index (κ1) is 21.3. The molecule has 4 heteroatoms. The van der Waals surface area contributed by atoms with Crippen molar-refractivity contribution >= 4 is 28.2 Å². The van der Waals surface area contributed by atoms with Crippen molar-refractivity contribution in [2.24, 2.45) is 0 Å². The van der Waals surface area contributed by atoms with Crippen molar-refractivity contribution in [1.29, 1.82) is 0 Å². The van der Waals surface area contributed by atoms with Crippen molar-refractivity contribution in [3.8, 4) is 11.8 Å². The summed E-state index contributed by atoms with van der Waals surface area (Å²) in [6, 6.07) is 17.2. The average molecular weight is 408 g/mol. The van der Waals surface area contributed by atoms with Crippen LogP contribution in [0.15, 0.2) is 48.5 Å². The Morgan fingerprint density at radius 3 is 2.45 bits per heavy atom. The van der Waals surface area contributed by atoms with Crippen LogP contribution >= 0.6 is 11.6 Å². The predicted molar refractivity (Wildman–Crippen MR) is 126 cm³/mol. The van der Waals surface area contributed by atoms with Gasteiger partial charge in [-0.1, -0.05) is 37.4 Å². The summed E-state index contributed by atoms with van der Waals surface area (Å²) >= 11 is 5.92. The Morgan fingerprint density at radius 2 is 1.76 bits per heavy atom. The van der Waals surface area contributed by atoms with Gasteiger partial charge in [-0.2, -0.15) is 0 Å². The van der Waals surface area contributed by atoms with Gasteiger partial charge in [0.1, 0.15) is 0 Å². The van der Waals surface area contributed by atoms with Crippen molar-refractivity contribution < 1.29 is 0 Å². The number of rotatable bonds is 8. The normalized spacial score (nSPS) is 10.9. The maximum absolute atomic E-state index is 5.92. The maximum Gasteiger partial charge on any atom is 0.0931 e. The Hall–Kier alpha value is -2.41. The number of fused-ring (bicyclic) bond motifs is 1. The molecule has 0 aliphatic heterocycles. The summed E-state index contributed by atoms with van der Waals surface area (Å²) < 4.78 is 2.28. The quantitative estimate of drug-likeness (QED) is 0.444. The molecule has 0 aliphatic carbocycles. The number of hydrogen-bond donors (Lipinski definition) is 2. The number of aryl methyl sites for hydroxylation is 1. The Morgan fingerprint density at radius 1 is 1.00 bits per heavy atom. The van der Waals surface area contributed by atoms with E-state index < -0.39 is 0 Å². The summed E-state index contributed by atoms with van der Waals surface area (Å²) in [6.45, 7) is 9.04. The third-order valence-electron chi connectivity index (χ3n) is 5.30. The topological polar surface area (TPSA) is 29.0 Å². The van der Waals surface area contributed by atoms with Crippen LogP contribution in [0.5, 0.6) is 0 Å². The Labute approximate surface area is 179 Å². The Kier molecular flexibility index (Phi) is 7.63. The number of anilines is 1. The molecular weight excluding hydrogens is 378 g/mol. The molecule has 0 aliphatic rings. The minimum Gasteiger partial charge on any atom is -0.374 e. The number of nitrogens with zero attached hydrogens (tertiary/aromatic N) is 1. The van der Waals surface area contributed by atoms with Crippen LogP contribution < -0.4 is 10.6 Å². The van der Waals surface area contributed by atoms with Gasteiger partial charge in [0.15, 0.2) is 0 Å². The summed E-state index contributed by atoms with van der Waals surface area (Å²) in [5, 5.41) is 8.95. The van der Waals surface area contributed by atoms with Crippen molar-refractivity contribution in [2.75, 3.05) is 11.9 Å². The number of aromatic nitrogens is 1. The minimum atomic E-state index is 0.584. The van der Waals surface area contributed by atoms with E-state index in [0.717, 1.165) is 42.3 Å². The van der Waals surface area contributed by atoms with Crippen molar-refractivity contribution in [3.05, 3.63) is 64.8 Å². The van der Waals surface area contributed by atoms with Gasteiger partial charge >= 0.3 is 0 Å². The van der Waals surface area contributed by atoms with Gasteiger partial charge in [-0.05, 0) is 73.7 Å². The smallest absolute Gasteiger partial charge is 0.0931 e. The molecule has 3 rings (SSSR count). The highest BCUT2D eigenvalue weighted by atomic mass is 35.5. The van der Waals surface area contributed by atoms with E-state index in [2.05, 4.69) is 72.1 Å². The molecule has 0 saturated heterocycles. The van der Waals surface area contributed by atoms with E-state index in [-0.39, 0.29) is 0 Å². The fraction of sp³-hybridized carbons (Fsp3) is 0.360. The molecule has 0 amide bonds. The molecule has 0 unspecified atom stereocenters. The molecule has 1 heterocycles. The maximum atomic E-state index is 5.92. The van der Waals surface area contributed by atoms with Crippen molar-refractivity contribution in [2.45, 2.75) is 52.7 Å². The fourth-order valence-corrected chi connectivity index (χ4v) is 3.69. The van der Waals surface area contributed by atoms with Crippen LogP contribution in [-0.2, 0) is 13.1 Å². The average Bonchev–Trinajstić information content (AvgIpc) is 3.09. The second-order valence-electron chi connectivity index (χ2n) is 7.22. The summed E-state index contributed by atoms with van der Waals surface area (Å²) in [4.78, 5) is 0.